The van der Waals surface area contributed by atoms with Gasteiger partial charge in [0.25, 0.3) is 5.91 Å². The smallest absolute Gasteiger partial charge is 0.257 e. The Kier molecular flexibility index (Phi) is 3.90. The van der Waals surface area contributed by atoms with Crippen molar-refractivity contribution >= 4 is 45.8 Å². The lowest BCUT2D eigenvalue weighted by Crippen LogP contribution is -2.12. The van der Waals surface area contributed by atoms with E-state index < -0.39 is 0 Å². The first kappa shape index (κ1) is 12.3. The summed E-state index contributed by atoms with van der Waals surface area (Å²) >= 11 is 8.17. The number of amides is 1. The van der Waals surface area contributed by atoms with Crippen LogP contribution in [0, 0.1) is 3.57 Å². The van der Waals surface area contributed by atoms with Gasteiger partial charge < -0.3 is 5.32 Å². The van der Waals surface area contributed by atoms with Crippen molar-refractivity contribution in [1.82, 2.24) is 10.2 Å². The van der Waals surface area contributed by atoms with Crippen LogP contribution in [0.4, 0.5) is 5.69 Å². The van der Waals surface area contributed by atoms with E-state index in [0.29, 0.717) is 16.3 Å². The van der Waals surface area contributed by atoms with Gasteiger partial charge in [-0.2, -0.15) is 10.2 Å². The van der Waals surface area contributed by atoms with Crippen LogP contribution in [0.15, 0.2) is 36.7 Å². The molecule has 0 atom stereocenters. The average molecular weight is 360 g/mol. The Morgan fingerprint density at radius 2 is 2.12 bits per heavy atom. The lowest BCUT2D eigenvalue weighted by molar-refractivity contribution is 0.102. The van der Waals surface area contributed by atoms with Crippen LogP contribution in [0.2, 0.25) is 5.02 Å². The number of hydrogen-bond donors (Lipinski definition) is 1. The number of anilines is 1. The van der Waals surface area contributed by atoms with E-state index in [-0.39, 0.29) is 5.91 Å². The fourth-order valence-electron chi connectivity index (χ4n) is 1.21. The van der Waals surface area contributed by atoms with Crippen molar-refractivity contribution in [2.45, 2.75) is 0 Å². The quantitative estimate of drug-likeness (QED) is 0.839. The third-order valence-electron chi connectivity index (χ3n) is 2.03. The van der Waals surface area contributed by atoms with Crippen LogP contribution in [-0.2, 0) is 0 Å². The number of halogens is 2. The Labute approximate surface area is 117 Å². The summed E-state index contributed by atoms with van der Waals surface area (Å²) < 4.78 is 1.01. The van der Waals surface area contributed by atoms with E-state index in [1.165, 1.54) is 12.4 Å². The molecule has 4 nitrogen and oxygen atoms in total. The number of nitrogens with one attached hydrogen (secondary N) is 1. The normalized spacial score (nSPS) is 10.0. The highest BCUT2D eigenvalue weighted by Gasteiger charge is 2.08. The maximum Gasteiger partial charge on any atom is 0.257 e. The molecule has 0 bridgehead atoms. The summed E-state index contributed by atoms with van der Waals surface area (Å²) in [4.78, 5) is 11.8. The minimum Gasteiger partial charge on any atom is -0.321 e. The Hall–Kier alpha value is -1.21. The van der Waals surface area contributed by atoms with E-state index in [4.69, 9.17) is 11.6 Å². The fourth-order valence-corrected chi connectivity index (χ4v) is 2.11. The van der Waals surface area contributed by atoms with Gasteiger partial charge in [0.2, 0.25) is 0 Å². The molecular weight excluding hydrogens is 352 g/mol. The third-order valence-corrected chi connectivity index (χ3v) is 3.01. The topological polar surface area (TPSA) is 54.9 Å². The standard InChI is InChI=1S/C11H7ClIN3O/c12-9-5-8(13)1-2-10(9)16-11(17)7-3-4-14-15-6-7/h1-6H,(H,16,17). The second-order valence-electron chi connectivity index (χ2n) is 3.21. The predicted octanol–water partition coefficient (Wildman–Crippen LogP) is 2.99. The molecule has 1 amide bonds. The highest BCUT2D eigenvalue weighted by atomic mass is 127. The zero-order chi connectivity index (χ0) is 12.3. The first-order chi connectivity index (χ1) is 8.16. The molecule has 2 rings (SSSR count). The van der Waals surface area contributed by atoms with Gasteiger partial charge in [0.05, 0.1) is 28.7 Å². The summed E-state index contributed by atoms with van der Waals surface area (Å²) in [5.41, 5.74) is 1.02. The zero-order valence-corrected chi connectivity index (χ0v) is 11.4. The summed E-state index contributed by atoms with van der Waals surface area (Å²) in [6.45, 7) is 0. The summed E-state index contributed by atoms with van der Waals surface area (Å²) in [6, 6.07) is 6.99. The van der Waals surface area contributed by atoms with Crippen molar-refractivity contribution in [2.24, 2.45) is 0 Å². The molecule has 0 saturated carbocycles. The Balaban J connectivity index is 2.19. The molecule has 1 heterocycles. The minimum absolute atomic E-state index is 0.261. The van der Waals surface area contributed by atoms with E-state index in [0.717, 1.165) is 3.57 Å². The van der Waals surface area contributed by atoms with Crippen LogP contribution in [0.5, 0.6) is 0 Å². The van der Waals surface area contributed by atoms with Crippen LogP contribution < -0.4 is 5.32 Å². The first-order valence-electron chi connectivity index (χ1n) is 4.70. The van der Waals surface area contributed by atoms with Crippen LogP contribution in [0.3, 0.4) is 0 Å². The Morgan fingerprint density at radius 3 is 2.76 bits per heavy atom. The summed E-state index contributed by atoms with van der Waals surface area (Å²) in [7, 11) is 0. The van der Waals surface area contributed by atoms with Gasteiger partial charge in [-0.05, 0) is 46.9 Å². The van der Waals surface area contributed by atoms with Gasteiger partial charge in [-0.15, -0.1) is 0 Å². The molecule has 1 aromatic carbocycles. The number of aromatic nitrogens is 2. The molecule has 0 radical (unpaired) electrons. The molecule has 0 aliphatic rings. The van der Waals surface area contributed by atoms with Crippen molar-refractivity contribution < 1.29 is 4.79 Å². The number of carbonyl (C=O) groups excluding carboxylic acids is 1. The lowest BCUT2D eigenvalue weighted by atomic mass is 10.2. The molecule has 0 spiro atoms. The van der Waals surface area contributed by atoms with E-state index in [1.54, 1.807) is 18.2 Å². The van der Waals surface area contributed by atoms with Crippen molar-refractivity contribution in [2.75, 3.05) is 5.32 Å². The summed E-state index contributed by atoms with van der Waals surface area (Å²) in [5, 5.41) is 10.5. The molecule has 0 aliphatic heterocycles. The number of benzene rings is 1. The number of rotatable bonds is 2. The van der Waals surface area contributed by atoms with Gasteiger partial charge in [-0.25, -0.2) is 0 Å². The molecule has 2 aromatic rings. The second-order valence-corrected chi connectivity index (χ2v) is 4.86. The molecule has 0 unspecified atom stereocenters. The number of nitrogens with zero attached hydrogens (tertiary/aromatic N) is 2. The van der Waals surface area contributed by atoms with Crippen molar-refractivity contribution in [3.05, 3.63) is 50.8 Å². The van der Waals surface area contributed by atoms with E-state index >= 15 is 0 Å². The van der Waals surface area contributed by atoms with E-state index in [9.17, 15) is 4.79 Å². The Morgan fingerprint density at radius 1 is 1.29 bits per heavy atom. The molecule has 1 aromatic heterocycles. The zero-order valence-electron chi connectivity index (χ0n) is 8.52. The van der Waals surface area contributed by atoms with Crippen LogP contribution in [-0.4, -0.2) is 16.1 Å². The fraction of sp³-hybridized carbons (Fsp3) is 0. The van der Waals surface area contributed by atoms with Crippen molar-refractivity contribution in [3.63, 3.8) is 0 Å². The van der Waals surface area contributed by atoms with Crippen molar-refractivity contribution in [1.29, 1.82) is 0 Å². The molecule has 0 aliphatic carbocycles. The molecular formula is C11H7ClIN3O. The van der Waals surface area contributed by atoms with E-state index in [2.05, 4.69) is 38.1 Å². The molecule has 0 fully saturated rings. The van der Waals surface area contributed by atoms with Crippen LogP contribution in [0.1, 0.15) is 10.4 Å². The van der Waals surface area contributed by atoms with Crippen molar-refractivity contribution in [3.8, 4) is 0 Å². The van der Waals surface area contributed by atoms with Gasteiger partial charge in [0, 0.05) is 3.57 Å². The maximum absolute atomic E-state index is 11.8. The lowest BCUT2D eigenvalue weighted by Gasteiger charge is -2.06. The maximum atomic E-state index is 11.8. The largest absolute Gasteiger partial charge is 0.321 e. The third kappa shape index (κ3) is 3.13. The van der Waals surface area contributed by atoms with Gasteiger partial charge in [-0.1, -0.05) is 11.6 Å². The van der Waals surface area contributed by atoms with Crippen LogP contribution in [0.25, 0.3) is 0 Å². The first-order valence-corrected chi connectivity index (χ1v) is 6.15. The molecule has 0 saturated heterocycles. The minimum atomic E-state index is -0.261. The molecule has 1 N–H and O–H groups in total. The second kappa shape index (κ2) is 5.42. The molecule has 86 valence electrons. The highest BCUT2D eigenvalue weighted by molar-refractivity contribution is 14.1. The van der Waals surface area contributed by atoms with Gasteiger partial charge in [0.1, 0.15) is 0 Å². The number of hydrogen-bond acceptors (Lipinski definition) is 3. The SMILES string of the molecule is O=C(Nc1ccc(I)cc1Cl)c1ccnnc1. The monoisotopic (exact) mass is 359 g/mol. The predicted molar refractivity (Wildman–Crippen MR) is 74.2 cm³/mol. The highest BCUT2D eigenvalue weighted by Crippen LogP contribution is 2.24. The van der Waals surface area contributed by atoms with E-state index in [1.807, 2.05) is 6.07 Å². The Bertz CT molecular complexity index is 548. The molecule has 17 heavy (non-hydrogen) atoms. The van der Waals surface area contributed by atoms with Gasteiger partial charge in [-0.3, -0.25) is 4.79 Å². The summed E-state index contributed by atoms with van der Waals surface area (Å²) in [5.74, 6) is -0.261. The molecule has 6 heteroatoms. The van der Waals surface area contributed by atoms with Gasteiger partial charge >= 0.3 is 0 Å². The van der Waals surface area contributed by atoms with Gasteiger partial charge in [0.15, 0.2) is 0 Å². The average Bonchev–Trinajstić information content (AvgIpc) is 2.34. The number of carbonyl (C=O) groups is 1. The summed E-state index contributed by atoms with van der Waals surface area (Å²) in [6.07, 6.45) is 2.86. The van der Waals surface area contributed by atoms with Crippen LogP contribution >= 0.6 is 34.2 Å².